The molecule has 0 bridgehead atoms. The molecule has 2 aromatic rings. The lowest BCUT2D eigenvalue weighted by molar-refractivity contribution is 0.185. The third kappa shape index (κ3) is 2.52. The number of rotatable bonds is 2. The highest BCUT2D eigenvalue weighted by Crippen LogP contribution is 2.44. The smallest absolute Gasteiger partial charge is 0.110 e. The first-order valence-electron chi connectivity index (χ1n) is 7.49. The minimum absolute atomic E-state index is 0.430. The minimum atomic E-state index is 0.430. The summed E-state index contributed by atoms with van der Waals surface area (Å²) in [6.07, 6.45) is 0. The molecule has 1 atom stereocenters. The lowest BCUT2D eigenvalue weighted by Gasteiger charge is -2.31. The average Bonchev–Trinajstić information content (AvgIpc) is 2.99. The largest absolute Gasteiger partial charge is 0.314 e. The third-order valence-electron chi connectivity index (χ3n) is 4.27. The van der Waals surface area contributed by atoms with Crippen LogP contribution in [0, 0.1) is 0 Å². The minimum Gasteiger partial charge on any atom is -0.314 e. The molecule has 1 aromatic carbocycles. The summed E-state index contributed by atoms with van der Waals surface area (Å²) in [6, 6.07) is 9.08. The number of fused-ring (bicyclic) bond motifs is 3. The Morgan fingerprint density at radius 2 is 2.05 bits per heavy atom. The van der Waals surface area contributed by atoms with Crippen LogP contribution < -0.4 is 5.32 Å². The zero-order valence-corrected chi connectivity index (χ0v) is 13.8. The highest BCUT2D eigenvalue weighted by atomic mass is 32.2. The molecule has 1 N–H and O–H groups in total. The van der Waals surface area contributed by atoms with E-state index in [0.29, 0.717) is 6.04 Å². The van der Waals surface area contributed by atoms with E-state index in [1.807, 2.05) is 23.1 Å². The van der Waals surface area contributed by atoms with E-state index in [4.69, 9.17) is 4.98 Å². The summed E-state index contributed by atoms with van der Waals surface area (Å²) in [7, 11) is 0. The summed E-state index contributed by atoms with van der Waals surface area (Å²) in [6.45, 7) is 6.73. The van der Waals surface area contributed by atoms with Gasteiger partial charge in [0.2, 0.25) is 0 Å². The van der Waals surface area contributed by atoms with Gasteiger partial charge in [0.25, 0.3) is 0 Å². The van der Waals surface area contributed by atoms with Crippen molar-refractivity contribution >= 4 is 23.1 Å². The Kier molecular flexibility index (Phi) is 3.75. The summed E-state index contributed by atoms with van der Waals surface area (Å²) >= 11 is 3.85. The molecular weight excluding hydrogens is 298 g/mol. The van der Waals surface area contributed by atoms with Crippen LogP contribution in [0.15, 0.2) is 29.2 Å². The Hall–Kier alpha value is -0.880. The molecule has 1 fully saturated rings. The van der Waals surface area contributed by atoms with Gasteiger partial charge in [0.15, 0.2) is 0 Å². The van der Waals surface area contributed by atoms with Crippen LogP contribution in [0.25, 0.3) is 11.3 Å². The molecule has 0 radical (unpaired) electrons. The van der Waals surface area contributed by atoms with Crippen LogP contribution in [0.5, 0.6) is 0 Å². The molecule has 0 aliphatic carbocycles. The van der Waals surface area contributed by atoms with Crippen molar-refractivity contribution < 1.29 is 0 Å². The highest BCUT2D eigenvalue weighted by molar-refractivity contribution is 7.98. The van der Waals surface area contributed by atoms with Crippen molar-refractivity contribution in [2.45, 2.75) is 23.6 Å². The maximum Gasteiger partial charge on any atom is 0.110 e. The maximum absolute atomic E-state index is 5.01. The summed E-state index contributed by atoms with van der Waals surface area (Å²) in [4.78, 5) is 10.4. The summed E-state index contributed by atoms with van der Waals surface area (Å²) in [5, 5.41) is 4.70. The van der Waals surface area contributed by atoms with Crippen molar-refractivity contribution in [1.82, 2.24) is 15.2 Å². The molecule has 4 rings (SSSR count). The average molecular weight is 317 g/mol. The molecule has 2 aliphatic heterocycles. The topological polar surface area (TPSA) is 28.2 Å². The van der Waals surface area contributed by atoms with E-state index >= 15 is 0 Å². The van der Waals surface area contributed by atoms with Crippen molar-refractivity contribution in [1.29, 1.82) is 0 Å². The van der Waals surface area contributed by atoms with Crippen LogP contribution in [0.1, 0.15) is 22.9 Å². The van der Waals surface area contributed by atoms with Gasteiger partial charge in [-0.05, 0) is 13.0 Å². The normalized spacial score (nSPS) is 19.9. The van der Waals surface area contributed by atoms with E-state index in [1.165, 1.54) is 26.0 Å². The Morgan fingerprint density at radius 1 is 1.24 bits per heavy atom. The van der Waals surface area contributed by atoms with Crippen molar-refractivity contribution in [2.24, 2.45) is 0 Å². The van der Waals surface area contributed by atoms with E-state index in [2.05, 4.69) is 41.4 Å². The second-order valence-electron chi connectivity index (χ2n) is 5.57. The molecule has 1 aromatic heterocycles. The fraction of sp³-hybridized carbons (Fsp3) is 0.438. The maximum atomic E-state index is 5.01. The number of nitrogens with one attached hydrogen (secondary N) is 1. The number of benzene rings is 1. The summed E-state index contributed by atoms with van der Waals surface area (Å²) < 4.78 is 0. The van der Waals surface area contributed by atoms with Gasteiger partial charge in [0.05, 0.1) is 11.7 Å². The van der Waals surface area contributed by atoms with Gasteiger partial charge in [0, 0.05) is 47.3 Å². The number of nitrogens with zero attached hydrogens (tertiary/aromatic N) is 2. The fourth-order valence-corrected chi connectivity index (χ4v) is 5.31. The number of piperazine rings is 1. The SMILES string of the molecule is CC(c1nc2c(s1)CSc1ccccc1-2)N1CCNCC1. The summed E-state index contributed by atoms with van der Waals surface area (Å²) in [5.74, 6) is 1.07. The Labute approximate surface area is 133 Å². The third-order valence-corrected chi connectivity index (χ3v) is 6.78. The molecule has 110 valence electrons. The van der Waals surface area contributed by atoms with Gasteiger partial charge in [-0.15, -0.1) is 23.1 Å². The Bertz CT molecular complexity index is 647. The summed E-state index contributed by atoms with van der Waals surface area (Å²) in [5.41, 5.74) is 2.55. The fourth-order valence-electron chi connectivity index (χ4n) is 3.01. The molecule has 2 aliphatic rings. The highest BCUT2D eigenvalue weighted by Gasteiger charge is 2.25. The van der Waals surface area contributed by atoms with Crippen LogP contribution in [0.2, 0.25) is 0 Å². The first-order valence-corrected chi connectivity index (χ1v) is 9.30. The van der Waals surface area contributed by atoms with Gasteiger partial charge >= 0.3 is 0 Å². The van der Waals surface area contributed by atoms with Crippen LogP contribution in [0.3, 0.4) is 0 Å². The van der Waals surface area contributed by atoms with Crippen LogP contribution in [0.4, 0.5) is 0 Å². The predicted octanol–water partition coefficient (Wildman–Crippen LogP) is 3.38. The van der Waals surface area contributed by atoms with Crippen LogP contribution >= 0.6 is 23.1 Å². The number of aromatic nitrogens is 1. The van der Waals surface area contributed by atoms with Crippen molar-refractivity contribution in [3.05, 3.63) is 34.2 Å². The molecule has 1 saturated heterocycles. The first kappa shape index (κ1) is 13.8. The lowest BCUT2D eigenvalue weighted by Crippen LogP contribution is -2.44. The molecule has 0 spiro atoms. The Balaban J connectivity index is 1.66. The van der Waals surface area contributed by atoms with Crippen LogP contribution in [-0.4, -0.2) is 36.1 Å². The monoisotopic (exact) mass is 317 g/mol. The van der Waals surface area contributed by atoms with Gasteiger partial charge in [-0.2, -0.15) is 0 Å². The van der Waals surface area contributed by atoms with E-state index in [0.717, 1.165) is 31.9 Å². The second-order valence-corrected chi connectivity index (χ2v) is 7.70. The van der Waals surface area contributed by atoms with Gasteiger partial charge in [-0.3, -0.25) is 4.90 Å². The first-order chi connectivity index (χ1) is 10.3. The van der Waals surface area contributed by atoms with Crippen molar-refractivity contribution in [3.63, 3.8) is 0 Å². The Morgan fingerprint density at radius 3 is 2.90 bits per heavy atom. The van der Waals surface area contributed by atoms with Gasteiger partial charge in [0.1, 0.15) is 5.01 Å². The van der Waals surface area contributed by atoms with E-state index in [9.17, 15) is 0 Å². The number of hydrogen-bond donors (Lipinski definition) is 1. The van der Waals surface area contributed by atoms with E-state index in [1.54, 1.807) is 0 Å². The van der Waals surface area contributed by atoms with Crippen LogP contribution in [-0.2, 0) is 5.75 Å². The lowest BCUT2D eigenvalue weighted by atomic mass is 10.1. The zero-order chi connectivity index (χ0) is 14.2. The quantitative estimate of drug-likeness (QED) is 0.919. The molecule has 21 heavy (non-hydrogen) atoms. The molecule has 1 unspecified atom stereocenters. The molecular formula is C16H19N3S2. The molecule has 5 heteroatoms. The predicted molar refractivity (Wildman–Crippen MR) is 90.0 cm³/mol. The van der Waals surface area contributed by atoms with Crippen molar-refractivity contribution in [3.8, 4) is 11.3 Å². The number of thioether (sulfide) groups is 1. The second kappa shape index (κ2) is 5.72. The van der Waals surface area contributed by atoms with Gasteiger partial charge in [-0.1, -0.05) is 18.2 Å². The standard InChI is InChI=1S/C16H19N3S2/c1-11(19-8-6-17-7-9-19)16-18-15-12-4-2-3-5-13(12)20-10-14(15)21-16/h2-5,11,17H,6-10H2,1H3. The molecule has 3 nitrogen and oxygen atoms in total. The van der Waals surface area contributed by atoms with E-state index < -0.39 is 0 Å². The molecule has 0 amide bonds. The number of thiazole rings is 1. The number of hydrogen-bond acceptors (Lipinski definition) is 5. The molecule has 0 saturated carbocycles. The van der Waals surface area contributed by atoms with E-state index in [-0.39, 0.29) is 0 Å². The van der Waals surface area contributed by atoms with Gasteiger partial charge < -0.3 is 5.32 Å². The van der Waals surface area contributed by atoms with Crippen molar-refractivity contribution in [2.75, 3.05) is 26.2 Å². The molecule has 3 heterocycles. The van der Waals surface area contributed by atoms with Gasteiger partial charge in [-0.25, -0.2) is 4.98 Å². The zero-order valence-electron chi connectivity index (χ0n) is 12.1.